The molecule has 1 saturated carbocycles. The Morgan fingerprint density at radius 1 is 1.30 bits per heavy atom. The van der Waals surface area contributed by atoms with Gasteiger partial charge in [-0.05, 0) is 38.3 Å². The maximum atomic E-state index is 12.5. The lowest BCUT2D eigenvalue weighted by Crippen LogP contribution is -2.31. The van der Waals surface area contributed by atoms with Gasteiger partial charge in [0.15, 0.2) is 5.82 Å². The summed E-state index contributed by atoms with van der Waals surface area (Å²) in [4.78, 5) is 18.6. The zero-order valence-electron chi connectivity index (χ0n) is 15.9. The number of rotatable bonds is 6. The minimum Gasteiger partial charge on any atom is -0.339 e. The summed E-state index contributed by atoms with van der Waals surface area (Å²) < 4.78 is 7.12. The van der Waals surface area contributed by atoms with Crippen LogP contribution in [0.3, 0.4) is 0 Å². The Balaban J connectivity index is 1.31. The van der Waals surface area contributed by atoms with Crippen molar-refractivity contribution in [3.8, 4) is 0 Å². The van der Waals surface area contributed by atoms with Gasteiger partial charge in [-0.3, -0.25) is 9.48 Å². The fraction of sp³-hybridized carbons (Fsp3) is 0.684. The molecular formula is C19H28N6O2. The quantitative estimate of drug-likeness (QED) is 0.835. The number of carbonyl (C=O) groups is 1. The molecule has 8 nitrogen and oxygen atoms in total. The number of nitrogens with one attached hydrogen (secondary N) is 1. The van der Waals surface area contributed by atoms with Crippen LogP contribution in [0.1, 0.15) is 67.8 Å². The van der Waals surface area contributed by atoms with E-state index in [0.717, 1.165) is 43.9 Å². The highest BCUT2D eigenvalue weighted by Crippen LogP contribution is 2.32. The van der Waals surface area contributed by atoms with Crippen molar-refractivity contribution in [3.63, 3.8) is 0 Å². The van der Waals surface area contributed by atoms with Gasteiger partial charge in [0.1, 0.15) is 6.54 Å². The lowest BCUT2D eigenvalue weighted by molar-refractivity contribution is -0.131. The summed E-state index contributed by atoms with van der Waals surface area (Å²) in [5.41, 5.74) is 1.07. The molecular weight excluding hydrogens is 344 g/mol. The third kappa shape index (κ3) is 4.37. The van der Waals surface area contributed by atoms with Crippen molar-refractivity contribution in [2.45, 2.75) is 63.5 Å². The first-order valence-corrected chi connectivity index (χ1v) is 9.99. The van der Waals surface area contributed by atoms with E-state index in [-0.39, 0.29) is 12.5 Å². The van der Waals surface area contributed by atoms with Gasteiger partial charge in [0, 0.05) is 31.6 Å². The van der Waals surface area contributed by atoms with E-state index >= 15 is 0 Å². The Bertz CT molecular complexity index is 758. The van der Waals surface area contributed by atoms with Gasteiger partial charge in [0.2, 0.25) is 11.8 Å². The summed E-state index contributed by atoms with van der Waals surface area (Å²) in [7, 11) is 1.77. The topological polar surface area (TPSA) is 89.1 Å². The fourth-order valence-corrected chi connectivity index (χ4v) is 4.02. The number of piperidine rings is 1. The Kier molecular flexibility index (Phi) is 5.52. The molecule has 3 heterocycles. The summed E-state index contributed by atoms with van der Waals surface area (Å²) in [6.45, 7) is 2.63. The molecule has 0 aromatic carbocycles. The van der Waals surface area contributed by atoms with Gasteiger partial charge >= 0.3 is 0 Å². The molecule has 2 aromatic rings. The number of nitrogens with zero attached hydrogens (tertiary/aromatic N) is 5. The van der Waals surface area contributed by atoms with Gasteiger partial charge < -0.3 is 14.7 Å². The molecule has 1 aliphatic carbocycles. The van der Waals surface area contributed by atoms with Gasteiger partial charge in [-0.2, -0.15) is 10.1 Å². The highest BCUT2D eigenvalue weighted by atomic mass is 16.5. The molecule has 0 spiro atoms. The molecule has 27 heavy (non-hydrogen) atoms. The van der Waals surface area contributed by atoms with Crippen molar-refractivity contribution in [1.82, 2.24) is 30.1 Å². The fourth-order valence-electron chi connectivity index (χ4n) is 4.02. The van der Waals surface area contributed by atoms with E-state index in [4.69, 9.17) is 4.52 Å². The first-order chi connectivity index (χ1) is 13.2. The van der Waals surface area contributed by atoms with Crippen LogP contribution in [0.5, 0.6) is 0 Å². The van der Waals surface area contributed by atoms with Crippen LogP contribution in [0.15, 0.2) is 16.8 Å². The van der Waals surface area contributed by atoms with Crippen LogP contribution in [0.4, 0.5) is 0 Å². The maximum absolute atomic E-state index is 12.5. The van der Waals surface area contributed by atoms with Crippen molar-refractivity contribution < 1.29 is 9.32 Å². The Morgan fingerprint density at radius 2 is 2.11 bits per heavy atom. The zero-order valence-corrected chi connectivity index (χ0v) is 15.9. The minimum absolute atomic E-state index is 0.0152. The molecule has 1 saturated heterocycles. The summed E-state index contributed by atoms with van der Waals surface area (Å²) in [5, 5.41) is 12.0. The third-order valence-electron chi connectivity index (χ3n) is 5.67. The van der Waals surface area contributed by atoms with Crippen LogP contribution in [-0.4, -0.2) is 50.9 Å². The Hall–Kier alpha value is -2.22. The van der Waals surface area contributed by atoms with Crippen LogP contribution < -0.4 is 5.32 Å². The number of hydrogen-bond acceptors (Lipinski definition) is 6. The molecule has 0 bridgehead atoms. The first-order valence-electron chi connectivity index (χ1n) is 9.99. The van der Waals surface area contributed by atoms with Crippen LogP contribution >= 0.6 is 0 Å². The van der Waals surface area contributed by atoms with E-state index < -0.39 is 0 Å². The van der Waals surface area contributed by atoms with Crippen molar-refractivity contribution in [2.75, 3.05) is 20.1 Å². The van der Waals surface area contributed by atoms with E-state index in [1.54, 1.807) is 16.6 Å². The molecule has 8 heteroatoms. The molecule has 146 valence electrons. The molecule has 1 aliphatic heterocycles. The van der Waals surface area contributed by atoms with Crippen LogP contribution in [0.25, 0.3) is 0 Å². The molecule has 1 atom stereocenters. The number of hydrogen-bond donors (Lipinski definition) is 1. The van der Waals surface area contributed by atoms with Gasteiger partial charge in [0.05, 0.1) is 12.2 Å². The number of likely N-dealkylation sites (N-methyl/N-ethyl adjacent to an activating group) is 1. The molecule has 2 fully saturated rings. The van der Waals surface area contributed by atoms with Crippen LogP contribution in [0.2, 0.25) is 0 Å². The first kappa shape index (κ1) is 18.2. The summed E-state index contributed by atoms with van der Waals surface area (Å²) in [6.07, 6.45) is 8.91. The van der Waals surface area contributed by atoms with Gasteiger partial charge in [0.25, 0.3) is 0 Å². The molecule has 2 aromatic heterocycles. The lowest BCUT2D eigenvalue weighted by Gasteiger charge is -2.20. The lowest BCUT2D eigenvalue weighted by atomic mass is 9.97. The minimum atomic E-state index is -0.0152. The summed E-state index contributed by atoms with van der Waals surface area (Å²) >= 11 is 0. The Labute approximate surface area is 159 Å². The van der Waals surface area contributed by atoms with E-state index in [1.165, 1.54) is 19.3 Å². The zero-order chi connectivity index (χ0) is 18.6. The second-order valence-electron chi connectivity index (χ2n) is 7.76. The average Bonchev–Trinajstić information content (AvgIpc) is 3.44. The highest BCUT2D eigenvalue weighted by molar-refractivity contribution is 5.75. The average molecular weight is 372 g/mol. The predicted octanol–water partition coefficient (Wildman–Crippen LogP) is 2.05. The van der Waals surface area contributed by atoms with Crippen molar-refractivity contribution in [3.05, 3.63) is 29.7 Å². The van der Waals surface area contributed by atoms with Crippen LogP contribution in [-0.2, 0) is 17.9 Å². The molecule has 2 aliphatic rings. The molecule has 1 N–H and O–H groups in total. The third-order valence-corrected chi connectivity index (χ3v) is 5.67. The Morgan fingerprint density at radius 3 is 2.89 bits per heavy atom. The second-order valence-corrected chi connectivity index (χ2v) is 7.76. The normalized spacial score (nSPS) is 20.9. The van der Waals surface area contributed by atoms with E-state index in [0.29, 0.717) is 24.2 Å². The van der Waals surface area contributed by atoms with E-state index in [2.05, 4.69) is 20.6 Å². The number of carbonyl (C=O) groups excluding carboxylic acids is 1. The van der Waals surface area contributed by atoms with E-state index in [1.807, 2.05) is 12.3 Å². The standard InChI is InChI=1S/C19H28N6O2/c1-24(12-17-21-19(27-23-17)14-5-2-3-6-14)18(26)13-25-10-8-16(22-25)15-7-4-9-20-11-15/h8,10,14-15,20H,2-7,9,11-13H2,1H3/t15-/m1/s1. The van der Waals surface area contributed by atoms with Crippen molar-refractivity contribution in [1.29, 1.82) is 0 Å². The van der Waals surface area contributed by atoms with Crippen molar-refractivity contribution in [2.24, 2.45) is 0 Å². The smallest absolute Gasteiger partial charge is 0.244 e. The van der Waals surface area contributed by atoms with Crippen molar-refractivity contribution >= 4 is 5.91 Å². The summed E-state index contributed by atoms with van der Waals surface area (Å²) in [5.74, 6) is 2.12. The SMILES string of the molecule is CN(Cc1noc(C2CCCC2)n1)C(=O)Cn1ccc([C@@H]2CCCNC2)n1. The second kappa shape index (κ2) is 8.21. The molecule has 1 amide bonds. The van der Waals surface area contributed by atoms with Gasteiger partial charge in [-0.15, -0.1) is 0 Å². The largest absolute Gasteiger partial charge is 0.339 e. The van der Waals surface area contributed by atoms with E-state index in [9.17, 15) is 4.79 Å². The molecule has 4 rings (SSSR count). The predicted molar refractivity (Wildman–Crippen MR) is 99.1 cm³/mol. The highest BCUT2D eigenvalue weighted by Gasteiger charge is 2.24. The molecule has 0 unspecified atom stereocenters. The maximum Gasteiger partial charge on any atom is 0.244 e. The molecule has 0 radical (unpaired) electrons. The monoisotopic (exact) mass is 372 g/mol. The van der Waals surface area contributed by atoms with Crippen LogP contribution in [0, 0.1) is 0 Å². The number of aromatic nitrogens is 4. The summed E-state index contributed by atoms with van der Waals surface area (Å²) in [6, 6.07) is 2.03. The number of amides is 1. The van der Waals surface area contributed by atoms with Gasteiger partial charge in [-0.25, -0.2) is 0 Å². The van der Waals surface area contributed by atoms with Gasteiger partial charge in [-0.1, -0.05) is 18.0 Å².